The van der Waals surface area contributed by atoms with Gasteiger partial charge in [-0.2, -0.15) is 25.5 Å². The molecular weight excluding hydrogens is 1870 g/mol. The van der Waals surface area contributed by atoms with Crippen molar-refractivity contribution in [2.75, 3.05) is 60.9 Å². The Morgan fingerprint density at radius 2 is 0.620 bits per heavy atom. The number of fused-ring (bicyclic) bond motifs is 5. The predicted octanol–water partition coefficient (Wildman–Crippen LogP) is 20.1. The number of rotatable bonds is 29. The number of nitrogens with one attached hydrogen (secondary N) is 8. The van der Waals surface area contributed by atoms with Crippen LogP contribution >= 0.6 is 11.6 Å². The van der Waals surface area contributed by atoms with Crippen molar-refractivity contribution in [2.45, 2.75) is 244 Å². The summed E-state index contributed by atoms with van der Waals surface area (Å²) in [5, 5.41) is 48.6. The van der Waals surface area contributed by atoms with Crippen LogP contribution in [0, 0.1) is 0 Å². The highest BCUT2D eigenvalue weighted by atomic mass is 35.5. The van der Waals surface area contributed by atoms with Gasteiger partial charge in [0, 0.05) is 62.5 Å². The lowest BCUT2D eigenvalue weighted by atomic mass is 9.91. The van der Waals surface area contributed by atoms with Crippen molar-refractivity contribution in [1.29, 1.82) is 0 Å². The molecule has 31 nitrogen and oxygen atoms in total. The number of nitrogens with zero attached hydrogens (tertiary/aromatic N) is 16. The molecule has 11 heterocycles. The highest BCUT2D eigenvalue weighted by Gasteiger charge is 2.38. The van der Waals surface area contributed by atoms with Gasteiger partial charge in [-0.1, -0.05) is 163 Å². The van der Waals surface area contributed by atoms with E-state index in [-0.39, 0.29) is 95.2 Å². The van der Waals surface area contributed by atoms with Gasteiger partial charge in [-0.3, -0.25) is 20.4 Å². The molecule has 5 aromatic carbocycles. The molecule has 42 heteroatoms. The first-order chi connectivity index (χ1) is 69.3. The normalized spacial score (nSPS) is 24.5. The number of nitrogens with two attached hydrogens (primary N) is 1. The highest BCUT2D eigenvalue weighted by molar-refractivity contribution is 6.33. The Bertz CT molecular complexity index is 5690. The van der Waals surface area contributed by atoms with Gasteiger partial charge in [-0.15, -0.1) is 0 Å². The maximum Gasteiger partial charge on any atom is 0.165 e. The molecule has 752 valence electrons. The number of aromatic nitrogens is 20. The van der Waals surface area contributed by atoms with Gasteiger partial charge in [0.2, 0.25) is 0 Å². The van der Waals surface area contributed by atoms with Crippen molar-refractivity contribution in [3.8, 4) is 0 Å². The van der Waals surface area contributed by atoms with E-state index < -0.39 is 92.2 Å². The van der Waals surface area contributed by atoms with Crippen LogP contribution in [-0.4, -0.2) is 232 Å². The molecule has 6 aliphatic rings. The lowest BCUT2D eigenvalue weighted by Crippen LogP contribution is -2.39. The largest absolute Gasteiger partial charge is 0.372 e. The van der Waals surface area contributed by atoms with Crippen LogP contribution in [0.1, 0.15) is 180 Å². The zero-order valence-corrected chi connectivity index (χ0v) is 78.4. The summed E-state index contributed by atoms with van der Waals surface area (Å²) in [6.45, 7) is 0.169. The van der Waals surface area contributed by atoms with E-state index >= 15 is 0 Å². The number of benzene rings is 5. The smallest absolute Gasteiger partial charge is 0.165 e. The Balaban J connectivity index is 0.000000124. The van der Waals surface area contributed by atoms with Crippen molar-refractivity contribution in [3.63, 3.8) is 0 Å². The van der Waals surface area contributed by atoms with Gasteiger partial charge in [0.25, 0.3) is 0 Å². The van der Waals surface area contributed by atoms with Crippen LogP contribution in [0.2, 0.25) is 5.15 Å². The van der Waals surface area contributed by atoms with Crippen molar-refractivity contribution in [2.24, 2.45) is 5.73 Å². The van der Waals surface area contributed by atoms with Crippen molar-refractivity contribution in [1.82, 2.24) is 100 Å². The SMILES string of the molecule is Clc1ncnc2c1cnn2C1CCCCO1.F[C@@H](CO[C@H]1CC[C@H](Nc2ncnc3[nH]ncc23)C[C@@H]1F)c1ccccc1.F[C@@H]1C[C@H](Nc2ncnc3[nH]ncc23)CC[C@H]1OC[C@H](F)c1ccccc1.F[C@H](CO[C@@H]1CC[C@@H](Nc2ncnc3[nH]ncc23)C[C@H]1F)c1ccccc1.F[C@H](CO[C@H]1CC[C@H](Nc2ncnc3[nH]ncc23)C[C@@H]1F)c1ccccc1.N[C@H]1CC[C@H](OC[C@@H](F)c2ccccc2)[C@@H](F)C1. The number of hydrogen-bond donors (Lipinski definition) is 9. The third-order valence-electron chi connectivity index (χ3n) is 25.8. The molecule has 21 rings (SSSR count). The van der Waals surface area contributed by atoms with Gasteiger partial charge in [0.15, 0.2) is 34.5 Å². The monoisotopic (exact) mass is 1990 g/mol. The summed E-state index contributed by atoms with van der Waals surface area (Å²) in [5.41, 5.74) is 11.7. The standard InChI is InChI=1S/4C19H21F2N5O.C14H19F2NO.C10H11ClN4O/c4*20-15-8-13(25-18-14-9-24-26-19(14)23-11-22-18)6-7-17(15)27-10-16(21)12-4-2-1-3-5-12;15-12-8-11(17)6-7-14(12)18-9-13(16)10-4-2-1-3-5-10;11-9-7-5-14-15(10(7)13-6-12-9)8-3-1-2-4-16-8/h4*1-5,9,11,13,15-17H,6-8,10H2,(H2,22,23,24,25,26);1-5,11-14H,6-9,17H2;5-6,8H,1-4H2/t2*13-,15-,16+,17-;2*13-,15-,16-,17-;11-,12-,13+,14-;/m10100./s1. The molecule has 15 aromatic rings. The Morgan fingerprint density at radius 3 is 0.894 bits per heavy atom. The zero-order chi connectivity index (χ0) is 98.5. The average molecular weight is 1990 g/mol. The first-order valence-corrected chi connectivity index (χ1v) is 48.3. The van der Waals surface area contributed by atoms with E-state index in [4.69, 9.17) is 45.8 Å². The van der Waals surface area contributed by atoms with Gasteiger partial charge < -0.3 is 55.4 Å². The van der Waals surface area contributed by atoms with Gasteiger partial charge in [0.1, 0.15) is 122 Å². The summed E-state index contributed by atoms with van der Waals surface area (Å²) in [5.74, 6) is 2.55. The molecule has 0 spiro atoms. The van der Waals surface area contributed by atoms with Crippen LogP contribution < -0.4 is 27.0 Å². The van der Waals surface area contributed by atoms with Crippen molar-refractivity contribution >= 4 is 90.0 Å². The molecule has 0 bridgehead atoms. The number of anilines is 4. The number of aromatic amines is 4. The Hall–Kier alpha value is -12.6. The lowest BCUT2D eigenvalue weighted by molar-refractivity contribution is -0.0466. The van der Waals surface area contributed by atoms with Crippen LogP contribution in [0.5, 0.6) is 0 Å². The topological polar surface area (TPSA) is 391 Å². The summed E-state index contributed by atoms with van der Waals surface area (Å²) >= 11 is 5.96. The van der Waals surface area contributed by atoms with Gasteiger partial charge in [-0.25, -0.2) is 98.4 Å². The third kappa shape index (κ3) is 28.2. The third-order valence-corrected chi connectivity index (χ3v) is 26.1. The molecule has 6 fully saturated rings. The molecule has 142 heavy (non-hydrogen) atoms. The van der Waals surface area contributed by atoms with Crippen LogP contribution in [0.25, 0.3) is 55.2 Å². The second-order valence-corrected chi connectivity index (χ2v) is 36.1. The molecule has 10 aromatic heterocycles. The summed E-state index contributed by atoms with van der Waals surface area (Å²) < 4.78 is 178. The summed E-state index contributed by atoms with van der Waals surface area (Å²) in [6, 6.07) is 43.7. The molecule has 10 N–H and O–H groups in total. The molecule has 5 aliphatic carbocycles. The Morgan fingerprint density at radius 1 is 0.338 bits per heavy atom. The minimum atomic E-state index is -1.25. The number of alkyl halides is 10. The van der Waals surface area contributed by atoms with Gasteiger partial charge in [0.05, 0.1) is 121 Å². The van der Waals surface area contributed by atoms with Crippen LogP contribution in [0.3, 0.4) is 0 Å². The van der Waals surface area contributed by atoms with E-state index in [1.54, 1.807) is 157 Å². The Labute approximate surface area is 816 Å². The van der Waals surface area contributed by atoms with E-state index in [2.05, 4.69) is 117 Å². The average Bonchev–Trinajstić information content (AvgIpc) is 1.65. The molecule has 1 unspecified atom stereocenters. The van der Waals surface area contributed by atoms with Gasteiger partial charge >= 0.3 is 0 Å². The molecule has 0 radical (unpaired) electrons. The number of H-pyrrole nitrogens is 4. The fourth-order valence-corrected chi connectivity index (χ4v) is 18.2. The number of hydrogen-bond acceptors (Lipinski definition) is 26. The second kappa shape index (κ2) is 51.4. The van der Waals surface area contributed by atoms with E-state index in [0.29, 0.717) is 117 Å². The molecule has 1 saturated heterocycles. The first kappa shape index (κ1) is 102. The zero-order valence-electron chi connectivity index (χ0n) is 77.6. The minimum Gasteiger partial charge on any atom is -0.372 e. The maximum atomic E-state index is 14.6. The van der Waals surface area contributed by atoms with Crippen molar-refractivity contribution in [3.05, 3.63) is 247 Å². The van der Waals surface area contributed by atoms with Crippen LogP contribution in [0.15, 0.2) is 214 Å². The molecule has 0 amide bonds. The molecule has 21 atom stereocenters. The van der Waals surface area contributed by atoms with E-state index in [1.807, 2.05) is 30.3 Å². The molecule has 1 aliphatic heterocycles. The van der Waals surface area contributed by atoms with E-state index in [1.165, 1.54) is 31.6 Å². The van der Waals surface area contributed by atoms with E-state index in [0.717, 1.165) is 90.6 Å². The first-order valence-electron chi connectivity index (χ1n) is 47.9. The predicted molar refractivity (Wildman–Crippen MR) is 517 cm³/mol. The number of ether oxygens (including phenoxy) is 6. The fourth-order valence-electron chi connectivity index (χ4n) is 18.0. The summed E-state index contributed by atoms with van der Waals surface area (Å²) in [7, 11) is 0. The lowest BCUT2D eigenvalue weighted by Gasteiger charge is -2.32. The maximum absolute atomic E-state index is 14.6. The van der Waals surface area contributed by atoms with Crippen LogP contribution in [0.4, 0.5) is 67.2 Å². The molecular formula is C100H114ClF10N25O6. The summed E-state index contributed by atoms with van der Waals surface area (Å²) in [6.07, 6.45) is 11.8. The minimum absolute atomic E-state index is 0.0165. The van der Waals surface area contributed by atoms with Gasteiger partial charge in [-0.05, 0) is 118 Å². The quantitative estimate of drug-likeness (QED) is 0.0155. The van der Waals surface area contributed by atoms with Crippen LogP contribution in [-0.2, 0) is 28.4 Å². The highest BCUT2D eigenvalue weighted by Crippen LogP contribution is 2.38. The summed E-state index contributed by atoms with van der Waals surface area (Å²) in [4.78, 5) is 41.4. The number of halogens is 11. The Kier molecular flexibility index (Phi) is 37.0. The second-order valence-electron chi connectivity index (χ2n) is 35.8. The van der Waals surface area contributed by atoms with Crippen molar-refractivity contribution < 1.29 is 72.3 Å². The molecule has 5 saturated carbocycles. The van der Waals surface area contributed by atoms with E-state index in [9.17, 15) is 43.9 Å². The fraction of sp³-hybridized carbons (Fsp3) is 0.450.